The molecule has 2 atom stereocenters. The molecule has 0 amide bonds. The fourth-order valence-electron chi connectivity index (χ4n) is 4.94. The van der Waals surface area contributed by atoms with Crippen molar-refractivity contribution in [2.75, 3.05) is 13.2 Å². The van der Waals surface area contributed by atoms with E-state index in [1.807, 2.05) is 0 Å². The molecule has 3 heteroatoms. The number of carbonyl (C=O) groups excluding carboxylic acids is 1. The quantitative estimate of drug-likeness (QED) is 0.724. The lowest BCUT2D eigenvalue weighted by molar-refractivity contribution is -0.161. The van der Waals surface area contributed by atoms with Crippen molar-refractivity contribution in [3.63, 3.8) is 0 Å². The monoisotopic (exact) mass is 314 g/mol. The topological polar surface area (TPSA) is 35.5 Å². The molecule has 0 unspecified atom stereocenters. The van der Waals surface area contributed by atoms with Crippen LogP contribution in [0.5, 0.6) is 0 Å². The van der Waals surface area contributed by atoms with Crippen LogP contribution in [0, 0.1) is 17.3 Å². The minimum Gasteiger partial charge on any atom is -0.347 e. The maximum atomic E-state index is 13.1. The van der Waals surface area contributed by atoms with Crippen LogP contribution in [-0.4, -0.2) is 24.8 Å². The van der Waals surface area contributed by atoms with E-state index in [-0.39, 0.29) is 17.1 Å². The summed E-state index contributed by atoms with van der Waals surface area (Å²) in [4.78, 5) is 13.1. The Labute approximate surface area is 138 Å². The van der Waals surface area contributed by atoms with E-state index in [2.05, 4.69) is 39.0 Å². The number of fused-ring (bicyclic) bond motifs is 2. The van der Waals surface area contributed by atoms with Gasteiger partial charge in [0.1, 0.15) is 0 Å². The molecule has 1 spiro atoms. The van der Waals surface area contributed by atoms with Crippen molar-refractivity contribution in [3.05, 3.63) is 34.9 Å². The highest BCUT2D eigenvalue weighted by Crippen LogP contribution is 2.55. The summed E-state index contributed by atoms with van der Waals surface area (Å²) in [5.74, 6) is 0.587. The van der Waals surface area contributed by atoms with Crippen molar-refractivity contribution in [2.24, 2.45) is 17.3 Å². The third kappa shape index (κ3) is 2.28. The Bertz CT molecular complexity index is 629. The van der Waals surface area contributed by atoms with Gasteiger partial charge in [0.15, 0.2) is 11.6 Å². The van der Waals surface area contributed by atoms with E-state index >= 15 is 0 Å². The largest absolute Gasteiger partial charge is 0.347 e. The molecule has 0 N–H and O–H groups in total. The molecule has 0 aromatic carbocycles. The standard InChI is InChI=1S/C20H26O3/c1-13-4-5-15-12-16(17(13)19(15,2)3)18(21)14-6-8-20(9-7-14)22-10-11-23-20/h4,6,12,15,17H,5,7-11H2,1-3H3/t15-,17+/m0/s1. The fourth-order valence-corrected chi connectivity index (χ4v) is 4.94. The summed E-state index contributed by atoms with van der Waals surface area (Å²) in [6, 6.07) is 0. The van der Waals surface area contributed by atoms with E-state index in [9.17, 15) is 4.79 Å². The predicted octanol–water partition coefficient (Wildman–Crippen LogP) is 3.96. The summed E-state index contributed by atoms with van der Waals surface area (Å²) in [7, 11) is 0. The van der Waals surface area contributed by atoms with Crippen molar-refractivity contribution >= 4 is 5.78 Å². The zero-order chi connectivity index (χ0) is 16.2. The van der Waals surface area contributed by atoms with Gasteiger partial charge in [-0.3, -0.25) is 4.79 Å². The SMILES string of the molecule is CC1=CC[C@H]2C=C(C(=O)C3=CCC4(CC3)OCCO4)[C@@H]1C2(C)C. The molecular formula is C20H26O3. The number of Topliss-reactive ketones (excluding diaryl/α,β-unsaturated/α-hetero) is 1. The van der Waals surface area contributed by atoms with Gasteiger partial charge < -0.3 is 9.47 Å². The Morgan fingerprint density at radius 3 is 2.61 bits per heavy atom. The van der Waals surface area contributed by atoms with Gasteiger partial charge in [-0.15, -0.1) is 0 Å². The van der Waals surface area contributed by atoms with Crippen LogP contribution in [0.25, 0.3) is 0 Å². The molecule has 3 aliphatic carbocycles. The van der Waals surface area contributed by atoms with Crippen LogP contribution in [-0.2, 0) is 14.3 Å². The Kier molecular flexibility index (Phi) is 3.44. The van der Waals surface area contributed by atoms with Crippen molar-refractivity contribution in [3.8, 4) is 0 Å². The first-order chi connectivity index (χ1) is 10.9. The van der Waals surface area contributed by atoms with Crippen LogP contribution < -0.4 is 0 Å². The molecule has 23 heavy (non-hydrogen) atoms. The van der Waals surface area contributed by atoms with Gasteiger partial charge in [-0.1, -0.05) is 37.6 Å². The minimum absolute atomic E-state index is 0.165. The lowest BCUT2D eigenvalue weighted by atomic mass is 9.65. The first kappa shape index (κ1) is 15.3. The normalized spacial score (nSPS) is 34.1. The Hall–Kier alpha value is -1.19. The van der Waals surface area contributed by atoms with Gasteiger partial charge in [0.05, 0.1) is 13.2 Å². The lowest BCUT2D eigenvalue weighted by Gasteiger charge is -2.38. The first-order valence-corrected chi connectivity index (χ1v) is 8.83. The summed E-state index contributed by atoms with van der Waals surface area (Å²) in [5, 5.41) is 0. The van der Waals surface area contributed by atoms with Crippen LogP contribution >= 0.6 is 0 Å². The highest BCUT2D eigenvalue weighted by Gasteiger charge is 2.49. The molecule has 0 radical (unpaired) electrons. The van der Waals surface area contributed by atoms with Gasteiger partial charge >= 0.3 is 0 Å². The van der Waals surface area contributed by atoms with Crippen molar-refractivity contribution < 1.29 is 14.3 Å². The average Bonchev–Trinajstić information content (AvgIpc) is 3.00. The number of rotatable bonds is 2. The highest BCUT2D eigenvalue weighted by molar-refractivity contribution is 6.09. The van der Waals surface area contributed by atoms with E-state index in [0.29, 0.717) is 25.6 Å². The zero-order valence-electron chi connectivity index (χ0n) is 14.4. The van der Waals surface area contributed by atoms with E-state index < -0.39 is 5.79 Å². The second kappa shape index (κ2) is 5.15. The highest BCUT2D eigenvalue weighted by atomic mass is 16.7. The van der Waals surface area contributed by atoms with Gasteiger partial charge in [-0.05, 0) is 36.7 Å². The minimum atomic E-state index is -0.446. The Balaban J connectivity index is 1.58. The van der Waals surface area contributed by atoms with Crippen LogP contribution in [0.2, 0.25) is 0 Å². The number of hydrogen-bond acceptors (Lipinski definition) is 3. The van der Waals surface area contributed by atoms with E-state index in [4.69, 9.17) is 9.47 Å². The maximum Gasteiger partial charge on any atom is 0.184 e. The molecule has 1 saturated heterocycles. The first-order valence-electron chi connectivity index (χ1n) is 8.83. The van der Waals surface area contributed by atoms with Crippen molar-refractivity contribution in [1.29, 1.82) is 0 Å². The molecule has 4 aliphatic rings. The van der Waals surface area contributed by atoms with Crippen LogP contribution in [0.1, 0.15) is 46.5 Å². The molecule has 0 aromatic heterocycles. The molecule has 1 heterocycles. The third-order valence-corrected chi connectivity index (χ3v) is 6.34. The fraction of sp³-hybridized carbons (Fsp3) is 0.650. The van der Waals surface area contributed by atoms with E-state index in [0.717, 1.165) is 30.4 Å². The summed E-state index contributed by atoms with van der Waals surface area (Å²) < 4.78 is 11.5. The van der Waals surface area contributed by atoms with Gasteiger partial charge in [-0.25, -0.2) is 0 Å². The third-order valence-electron chi connectivity index (χ3n) is 6.34. The summed E-state index contributed by atoms with van der Waals surface area (Å²) >= 11 is 0. The van der Waals surface area contributed by atoms with E-state index in [1.165, 1.54) is 5.57 Å². The average molecular weight is 314 g/mol. The molecule has 2 bridgehead atoms. The van der Waals surface area contributed by atoms with Gasteiger partial charge in [0.25, 0.3) is 0 Å². The molecule has 124 valence electrons. The van der Waals surface area contributed by atoms with Gasteiger partial charge in [0, 0.05) is 24.3 Å². The summed E-state index contributed by atoms with van der Waals surface area (Å²) in [5.41, 5.74) is 3.51. The van der Waals surface area contributed by atoms with Crippen LogP contribution in [0.15, 0.2) is 34.9 Å². The Morgan fingerprint density at radius 1 is 1.22 bits per heavy atom. The van der Waals surface area contributed by atoms with Crippen molar-refractivity contribution in [2.45, 2.75) is 52.2 Å². The second-order valence-electron chi connectivity index (χ2n) is 8.04. The maximum absolute atomic E-state index is 13.1. The lowest BCUT2D eigenvalue weighted by Crippen LogP contribution is -2.34. The molecule has 4 rings (SSSR count). The smallest absolute Gasteiger partial charge is 0.184 e. The second-order valence-corrected chi connectivity index (χ2v) is 8.04. The molecule has 3 nitrogen and oxygen atoms in total. The molecular weight excluding hydrogens is 288 g/mol. The Morgan fingerprint density at radius 2 is 1.96 bits per heavy atom. The van der Waals surface area contributed by atoms with E-state index in [1.54, 1.807) is 0 Å². The summed E-state index contributed by atoms with van der Waals surface area (Å²) in [6.45, 7) is 8.13. The van der Waals surface area contributed by atoms with Gasteiger partial charge in [-0.2, -0.15) is 0 Å². The number of carbonyl (C=O) groups is 1. The van der Waals surface area contributed by atoms with Crippen LogP contribution in [0.4, 0.5) is 0 Å². The number of hydrogen-bond donors (Lipinski definition) is 0. The molecule has 1 fully saturated rings. The number of allylic oxidation sites excluding steroid dienone is 5. The summed E-state index contributed by atoms with van der Waals surface area (Å²) in [6.07, 6.45) is 9.96. The van der Waals surface area contributed by atoms with Crippen LogP contribution in [0.3, 0.4) is 0 Å². The number of ether oxygens (including phenoxy) is 2. The van der Waals surface area contributed by atoms with Crippen molar-refractivity contribution in [1.82, 2.24) is 0 Å². The molecule has 0 saturated carbocycles. The zero-order valence-corrected chi connectivity index (χ0v) is 14.4. The molecule has 1 aliphatic heterocycles. The predicted molar refractivity (Wildman–Crippen MR) is 88.8 cm³/mol. The number of ketones is 1. The molecule has 0 aromatic rings. The van der Waals surface area contributed by atoms with Gasteiger partial charge in [0.2, 0.25) is 0 Å².